The van der Waals surface area contributed by atoms with Crippen LogP contribution in [0.4, 0.5) is 5.82 Å². The normalized spacial score (nSPS) is 13.0. The molecule has 1 heterocycles. The van der Waals surface area contributed by atoms with Gasteiger partial charge in [0.2, 0.25) is 0 Å². The van der Waals surface area contributed by atoms with Gasteiger partial charge in [0.1, 0.15) is 5.82 Å². The number of fused-ring (bicyclic) bond motifs is 1. The van der Waals surface area contributed by atoms with Crippen LogP contribution < -0.4 is 10.1 Å². The zero-order chi connectivity index (χ0) is 14.8. The quantitative estimate of drug-likeness (QED) is 0.887. The number of aromatic hydroxyl groups is 1. The van der Waals surface area contributed by atoms with E-state index in [9.17, 15) is 5.11 Å². The predicted octanol–water partition coefficient (Wildman–Crippen LogP) is 3.05. The fraction of sp³-hybridized carbons (Fsp3) is 0.333. The Kier molecular flexibility index (Phi) is 3.96. The second-order valence-corrected chi connectivity index (χ2v) is 5.88. The van der Waals surface area contributed by atoms with E-state index >= 15 is 0 Å². The van der Waals surface area contributed by atoms with Gasteiger partial charge in [-0.3, -0.25) is 0 Å². The van der Waals surface area contributed by atoms with Gasteiger partial charge < -0.3 is 15.2 Å². The molecule has 6 heteroatoms. The SMILES string of the molecule is COc1cc(CNc2cc3c(nn2)CCC3)c(Br)cc1O. The van der Waals surface area contributed by atoms with E-state index < -0.39 is 0 Å². The van der Waals surface area contributed by atoms with E-state index in [0.717, 1.165) is 40.8 Å². The smallest absolute Gasteiger partial charge is 0.160 e. The van der Waals surface area contributed by atoms with Crippen LogP contribution in [0.3, 0.4) is 0 Å². The molecule has 1 aromatic heterocycles. The highest BCUT2D eigenvalue weighted by atomic mass is 79.9. The van der Waals surface area contributed by atoms with Crippen molar-refractivity contribution in [2.24, 2.45) is 0 Å². The number of phenolic OH excluding ortho intramolecular Hbond substituents is 1. The molecule has 2 N–H and O–H groups in total. The first-order valence-corrected chi connectivity index (χ1v) is 7.61. The van der Waals surface area contributed by atoms with E-state index in [-0.39, 0.29) is 5.75 Å². The standard InChI is InChI=1S/C15H16BrN3O2/c1-21-14-5-10(11(16)7-13(14)20)8-17-15-6-9-3-2-4-12(9)18-19-15/h5-7,20H,2-4,8H2,1H3,(H,17,19). The highest BCUT2D eigenvalue weighted by Gasteiger charge is 2.14. The molecular formula is C15H16BrN3O2. The van der Waals surface area contributed by atoms with Gasteiger partial charge in [0.05, 0.1) is 12.8 Å². The lowest BCUT2D eigenvalue weighted by Gasteiger charge is -2.11. The fourth-order valence-corrected chi connectivity index (χ4v) is 2.96. The van der Waals surface area contributed by atoms with Gasteiger partial charge in [-0.15, -0.1) is 5.10 Å². The summed E-state index contributed by atoms with van der Waals surface area (Å²) in [6.45, 7) is 0.574. The third-order valence-corrected chi connectivity index (χ3v) is 4.37. The molecule has 0 saturated heterocycles. The monoisotopic (exact) mass is 349 g/mol. The zero-order valence-electron chi connectivity index (χ0n) is 11.7. The Hall–Kier alpha value is -1.82. The van der Waals surface area contributed by atoms with Crippen LogP contribution in [-0.4, -0.2) is 22.4 Å². The van der Waals surface area contributed by atoms with Gasteiger partial charge in [-0.05, 0) is 48.6 Å². The van der Waals surface area contributed by atoms with Crippen molar-refractivity contribution in [1.82, 2.24) is 10.2 Å². The predicted molar refractivity (Wildman–Crippen MR) is 83.7 cm³/mol. The molecule has 0 fully saturated rings. The van der Waals surface area contributed by atoms with Crippen LogP contribution in [0.15, 0.2) is 22.7 Å². The first-order chi connectivity index (χ1) is 10.2. The molecule has 110 valence electrons. The van der Waals surface area contributed by atoms with Crippen LogP contribution in [0.5, 0.6) is 11.5 Å². The Labute approximate surface area is 131 Å². The number of methoxy groups -OCH3 is 1. The molecular weight excluding hydrogens is 334 g/mol. The summed E-state index contributed by atoms with van der Waals surface area (Å²) >= 11 is 3.44. The van der Waals surface area contributed by atoms with Crippen LogP contribution in [0.25, 0.3) is 0 Å². The number of hydrogen-bond acceptors (Lipinski definition) is 5. The molecule has 5 nitrogen and oxygen atoms in total. The fourth-order valence-electron chi connectivity index (χ4n) is 2.49. The molecule has 0 spiro atoms. The first-order valence-electron chi connectivity index (χ1n) is 6.82. The van der Waals surface area contributed by atoms with Gasteiger partial charge >= 0.3 is 0 Å². The van der Waals surface area contributed by atoms with Crippen molar-refractivity contribution >= 4 is 21.7 Å². The number of nitrogens with one attached hydrogen (secondary N) is 1. The third kappa shape index (κ3) is 2.95. The molecule has 3 rings (SSSR count). The minimum absolute atomic E-state index is 0.116. The molecule has 1 aliphatic rings. The molecule has 0 amide bonds. The molecule has 0 saturated carbocycles. The highest BCUT2D eigenvalue weighted by molar-refractivity contribution is 9.10. The maximum Gasteiger partial charge on any atom is 0.160 e. The van der Waals surface area contributed by atoms with E-state index in [0.29, 0.717) is 12.3 Å². The van der Waals surface area contributed by atoms with E-state index in [1.807, 2.05) is 0 Å². The molecule has 0 aliphatic heterocycles. The van der Waals surface area contributed by atoms with Gasteiger partial charge in [0.25, 0.3) is 0 Å². The van der Waals surface area contributed by atoms with Crippen molar-refractivity contribution in [3.63, 3.8) is 0 Å². The summed E-state index contributed by atoms with van der Waals surface area (Å²) < 4.78 is 5.95. The Morgan fingerprint density at radius 1 is 1.29 bits per heavy atom. The van der Waals surface area contributed by atoms with Crippen molar-refractivity contribution in [3.8, 4) is 11.5 Å². The molecule has 0 atom stereocenters. The van der Waals surface area contributed by atoms with Crippen LogP contribution in [0.1, 0.15) is 23.2 Å². The number of aryl methyl sites for hydroxylation is 2. The lowest BCUT2D eigenvalue weighted by molar-refractivity contribution is 0.372. The number of nitrogens with zero attached hydrogens (tertiary/aromatic N) is 2. The Bertz CT molecular complexity index is 676. The summed E-state index contributed by atoms with van der Waals surface area (Å²) in [4.78, 5) is 0. The molecule has 21 heavy (non-hydrogen) atoms. The number of anilines is 1. The van der Waals surface area contributed by atoms with Crippen LogP contribution in [0, 0.1) is 0 Å². The highest BCUT2D eigenvalue weighted by Crippen LogP contribution is 2.32. The number of ether oxygens (including phenoxy) is 1. The Morgan fingerprint density at radius 3 is 2.95 bits per heavy atom. The minimum Gasteiger partial charge on any atom is -0.504 e. The maximum atomic E-state index is 9.71. The van der Waals surface area contributed by atoms with Crippen molar-refractivity contribution in [3.05, 3.63) is 39.5 Å². The average Bonchev–Trinajstić information content (AvgIpc) is 2.94. The van der Waals surface area contributed by atoms with Crippen molar-refractivity contribution in [2.75, 3.05) is 12.4 Å². The Morgan fingerprint density at radius 2 is 2.14 bits per heavy atom. The largest absolute Gasteiger partial charge is 0.504 e. The lowest BCUT2D eigenvalue weighted by atomic mass is 10.2. The summed E-state index contributed by atoms with van der Waals surface area (Å²) in [5.74, 6) is 1.34. The van der Waals surface area contributed by atoms with Crippen molar-refractivity contribution < 1.29 is 9.84 Å². The topological polar surface area (TPSA) is 67.3 Å². The first kappa shape index (κ1) is 14.1. The van der Waals surface area contributed by atoms with Gasteiger partial charge in [-0.2, -0.15) is 5.10 Å². The number of halogens is 1. The van der Waals surface area contributed by atoms with Gasteiger partial charge in [0, 0.05) is 11.0 Å². The molecule has 2 aromatic rings. The molecule has 1 aromatic carbocycles. The third-order valence-electron chi connectivity index (χ3n) is 3.63. The summed E-state index contributed by atoms with van der Waals surface area (Å²) in [6, 6.07) is 5.50. The van der Waals surface area contributed by atoms with E-state index in [1.54, 1.807) is 12.1 Å². The minimum atomic E-state index is 0.116. The number of hydrogen-bond donors (Lipinski definition) is 2. The van der Waals surface area contributed by atoms with E-state index in [4.69, 9.17) is 4.74 Å². The van der Waals surface area contributed by atoms with Gasteiger partial charge in [0.15, 0.2) is 11.5 Å². The number of aromatic nitrogens is 2. The molecule has 0 unspecified atom stereocenters. The van der Waals surface area contributed by atoms with Crippen LogP contribution >= 0.6 is 15.9 Å². The zero-order valence-corrected chi connectivity index (χ0v) is 13.3. The van der Waals surface area contributed by atoms with Gasteiger partial charge in [-0.25, -0.2) is 0 Å². The van der Waals surface area contributed by atoms with Crippen molar-refractivity contribution in [1.29, 1.82) is 0 Å². The van der Waals surface area contributed by atoms with Gasteiger partial charge in [-0.1, -0.05) is 15.9 Å². The van der Waals surface area contributed by atoms with E-state index in [2.05, 4.69) is 37.5 Å². The summed E-state index contributed by atoms with van der Waals surface area (Å²) in [6.07, 6.45) is 3.27. The Balaban J connectivity index is 1.75. The van der Waals surface area contributed by atoms with Crippen LogP contribution in [0.2, 0.25) is 0 Å². The number of phenols is 1. The van der Waals surface area contributed by atoms with Crippen LogP contribution in [-0.2, 0) is 19.4 Å². The lowest BCUT2D eigenvalue weighted by Crippen LogP contribution is -2.05. The summed E-state index contributed by atoms with van der Waals surface area (Å²) in [5.41, 5.74) is 3.38. The van der Waals surface area contributed by atoms with E-state index in [1.165, 1.54) is 12.7 Å². The maximum absolute atomic E-state index is 9.71. The average molecular weight is 350 g/mol. The summed E-state index contributed by atoms with van der Waals surface area (Å²) in [5, 5.41) is 21.4. The second kappa shape index (κ2) is 5.89. The number of benzene rings is 1. The second-order valence-electron chi connectivity index (χ2n) is 5.02. The molecule has 0 radical (unpaired) electrons. The molecule has 0 bridgehead atoms. The van der Waals surface area contributed by atoms with Crippen molar-refractivity contribution in [2.45, 2.75) is 25.8 Å². The summed E-state index contributed by atoms with van der Waals surface area (Å²) in [7, 11) is 1.53. The number of rotatable bonds is 4. The molecule has 1 aliphatic carbocycles.